The van der Waals surface area contributed by atoms with E-state index in [0.717, 1.165) is 46.6 Å². The molecule has 10 heteroatoms. The van der Waals surface area contributed by atoms with Crippen LogP contribution in [0.5, 0.6) is 5.75 Å². The molecule has 1 aromatic heterocycles. The molecule has 0 aliphatic carbocycles. The van der Waals surface area contributed by atoms with Crippen molar-refractivity contribution in [2.75, 3.05) is 37.6 Å². The average Bonchev–Trinajstić information content (AvgIpc) is 3.51. The highest BCUT2D eigenvalue weighted by Gasteiger charge is 2.31. The molecule has 2 aliphatic heterocycles. The van der Waals surface area contributed by atoms with Crippen LogP contribution in [0, 0.1) is 0 Å². The van der Waals surface area contributed by atoms with E-state index in [0.29, 0.717) is 39.1 Å². The molecule has 0 saturated carbocycles. The molecule has 2 fully saturated rings. The van der Waals surface area contributed by atoms with E-state index in [2.05, 4.69) is 22.3 Å². The topological polar surface area (TPSA) is 123 Å². The Morgan fingerprint density at radius 1 is 0.833 bits per heavy atom. The Labute approximate surface area is 277 Å². The molecular weight excluding hydrogens is 608 g/mol. The lowest BCUT2D eigenvalue weighted by Gasteiger charge is -2.38. The number of anilines is 1. The van der Waals surface area contributed by atoms with Gasteiger partial charge in [-0.15, -0.1) is 0 Å². The number of carbonyl (C=O) groups is 3. The predicted octanol–water partition coefficient (Wildman–Crippen LogP) is 4.46. The van der Waals surface area contributed by atoms with Crippen LogP contribution in [0.4, 0.5) is 5.69 Å². The summed E-state index contributed by atoms with van der Waals surface area (Å²) in [5, 5.41) is 14.9. The normalized spacial score (nSPS) is 15.7. The number of nitrogens with one attached hydrogen (secondary N) is 1. The summed E-state index contributed by atoms with van der Waals surface area (Å²) in [7, 11) is 0. The largest absolute Gasteiger partial charge is 0.508 e. The number of phenols is 1. The zero-order valence-electron chi connectivity index (χ0n) is 26.4. The number of likely N-dealkylation sites (tertiary alicyclic amines) is 1. The number of fused-ring (bicyclic) bond motifs is 2. The third-order valence-corrected chi connectivity index (χ3v) is 9.25. The first-order valence-electron chi connectivity index (χ1n) is 16.3. The molecule has 1 atom stereocenters. The second-order valence-corrected chi connectivity index (χ2v) is 12.4. The number of carbonyl (C=O) groups excluding carboxylic acids is 3. The molecule has 10 nitrogen and oxygen atoms in total. The van der Waals surface area contributed by atoms with Crippen molar-refractivity contribution < 1.29 is 23.9 Å². The number of hydrogen-bond acceptors (Lipinski definition) is 7. The van der Waals surface area contributed by atoms with E-state index in [-0.39, 0.29) is 40.7 Å². The Morgan fingerprint density at radius 3 is 2.40 bits per heavy atom. The van der Waals surface area contributed by atoms with Gasteiger partial charge in [0.1, 0.15) is 17.4 Å². The van der Waals surface area contributed by atoms with Gasteiger partial charge in [-0.1, -0.05) is 60.7 Å². The predicted molar refractivity (Wildman–Crippen MR) is 183 cm³/mol. The molecule has 3 amide bonds. The lowest BCUT2D eigenvalue weighted by molar-refractivity contribution is -0.133. The number of hydrogen-bond donors (Lipinski definition) is 2. The summed E-state index contributed by atoms with van der Waals surface area (Å²) in [6.45, 7) is 3.44. The van der Waals surface area contributed by atoms with Gasteiger partial charge in [-0.3, -0.25) is 19.2 Å². The Hall–Kier alpha value is -5.64. The molecule has 0 spiro atoms. The van der Waals surface area contributed by atoms with Crippen LogP contribution < -0.4 is 15.6 Å². The van der Waals surface area contributed by atoms with Crippen molar-refractivity contribution in [1.82, 2.24) is 15.1 Å². The van der Waals surface area contributed by atoms with Crippen molar-refractivity contribution in [2.24, 2.45) is 0 Å². The van der Waals surface area contributed by atoms with Gasteiger partial charge in [0, 0.05) is 63.9 Å². The van der Waals surface area contributed by atoms with Crippen molar-refractivity contribution in [3.05, 3.63) is 118 Å². The summed E-state index contributed by atoms with van der Waals surface area (Å²) < 4.78 is 5.74. The van der Waals surface area contributed by atoms with Crippen molar-refractivity contribution in [2.45, 2.75) is 31.8 Å². The van der Waals surface area contributed by atoms with E-state index < -0.39 is 17.4 Å². The second-order valence-electron chi connectivity index (χ2n) is 12.4. The van der Waals surface area contributed by atoms with Crippen LogP contribution in [0.25, 0.3) is 21.7 Å². The van der Waals surface area contributed by atoms with Crippen LogP contribution in [-0.4, -0.2) is 71.4 Å². The first-order valence-corrected chi connectivity index (χ1v) is 16.3. The smallest absolute Gasteiger partial charge is 0.287 e. The summed E-state index contributed by atoms with van der Waals surface area (Å²) in [4.78, 5) is 58.7. The molecule has 48 heavy (non-hydrogen) atoms. The number of piperazine rings is 1. The molecule has 2 aliphatic rings. The van der Waals surface area contributed by atoms with Gasteiger partial charge in [0.2, 0.25) is 11.8 Å². The molecule has 2 saturated heterocycles. The number of para-hydroxylation sites is 1. The van der Waals surface area contributed by atoms with Crippen LogP contribution in [0.2, 0.25) is 0 Å². The fourth-order valence-corrected chi connectivity index (χ4v) is 6.71. The standard InChI is InChI=1S/C38H36N4O6/c43-29-13-14-34-30(22-29)33(44)23-35(48-34)37(46)39-31(21-25-11-12-26-6-1-2-7-27(26)20-25)38(47)41-18-16-40(17-19-41)32-9-4-3-8-28(32)24-42-15-5-10-36(42)45/h1-4,6-9,11-14,20,22-23,31,43H,5,10,15-19,21,24H2,(H,39,46)/t31-/m1/s1. The first-order chi connectivity index (χ1) is 23.3. The van der Waals surface area contributed by atoms with E-state index in [1.54, 1.807) is 4.90 Å². The molecule has 2 N–H and O–H groups in total. The van der Waals surface area contributed by atoms with Crippen LogP contribution in [0.1, 0.15) is 34.5 Å². The molecule has 5 aromatic rings. The number of benzene rings is 4. The number of aromatic hydroxyl groups is 1. The Kier molecular flexibility index (Phi) is 8.54. The van der Waals surface area contributed by atoms with E-state index in [1.807, 2.05) is 59.5 Å². The second kappa shape index (κ2) is 13.2. The Balaban J connectivity index is 1.11. The lowest BCUT2D eigenvalue weighted by atomic mass is 10.0. The summed E-state index contributed by atoms with van der Waals surface area (Å²) in [6, 6.07) is 26.3. The van der Waals surface area contributed by atoms with Crippen LogP contribution in [-0.2, 0) is 22.6 Å². The molecule has 3 heterocycles. The average molecular weight is 645 g/mol. The van der Waals surface area contributed by atoms with Gasteiger partial charge in [0.05, 0.1) is 5.39 Å². The van der Waals surface area contributed by atoms with Gasteiger partial charge < -0.3 is 29.5 Å². The van der Waals surface area contributed by atoms with Crippen molar-refractivity contribution >= 4 is 45.2 Å². The molecular formula is C38H36N4O6. The van der Waals surface area contributed by atoms with Gasteiger partial charge in [-0.2, -0.15) is 0 Å². The van der Waals surface area contributed by atoms with Gasteiger partial charge >= 0.3 is 0 Å². The maximum Gasteiger partial charge on any atom is 0.287 e. The third kappa shape index (κ3) is 6.46. The number of nitrogens with zero attached hydrogens (tertiary/aromatic N) is 3. The van der Waals surface area contributed by atoms with Crippen LogP contribution >= 0.6 is 0 Å². The monoisotopic (exact) mass is 644 g/mol. The van der Waals surface area contributed by atoms with Crippen molar-refractivity contribution in [1.29, 1.82) is 0 Å². The highest BCUT2D eigenvalue weighted by atomic mass is 16.3. The van der Waals surface area contributed by atoms with Crippen molar-refractivity contribution in [3.8, 4) is 5.75 Å². The van der Waals surface area contributed by atoms with Gasteiger partial charge in [-0.25, -0.2) is 0 Å². The summed E-state index contributed by atoms with van der Waals surface area (Å²) >= 11 is 0. The van der Waals surface area contributed by atoms with Crippen LogP contribution in [0.15, 0.2) is 100 Å². The zero-order valence-corrected chi connectivity index (χ0v) is 26.4. The SMILES string of the molecule is O=C(N[C@H](Cc1ccc2ccccc2c1)C(=O)N1CCN(c2ccccc2CN2CCCC2=O)CC1)c1cc(=O)c2cc(O)ccc2o1. The quantitative estimate of drug-likeness (QED) is 0.256. The third-order valence-electron chi connectivity index (χ3n) is 9.25. The number of amides is 3. The minimum absolute atomic E-state index is 0.0849. The molecule has 244 valence electrons. The maximum atomic E-state index is 14.2. The van der Waals surface area contributed by atoms with Gasteiger partial charge in [0.15, 0.2) is 11.2 Å². The number of phenolic OH excluding ortho intramolecular Hbond substituents is 1. The Morgan fingerprint density at radius 2 is 1.60 bits per heavy atom. The van der Waals surface area contributed by atoms with E-state index >= 15 is 0 Å². The first kappa shape index (κ1) is 31.0. The molecule has 7 rings (SSSR count). The van der Waals surface area contributed by atoms with Gasteiger partial charge in [0.25, 0.3) is 5.91 Å². The summed E-state index contributed by atoms with van der Waals surface area (Å²) in [6.07, 6.45) is 1.72. The van der Waals surface area contributed by atoms with E-state index in [9.17, 15) is 24.3 Å². The molecule has 4 aromatic carbocycles. The van der Waals surface area contributed by atoms with Crippen LogP contribution in [0.3, 0.4) is 0 Å². The molecule has 0 radical (unpaired) electrons. The minimum atomic E-state index is -0.917. The summed E-state index contributed by atoms with van der Waals surface area (Å²) in [5.41, 5.74) is 2.71. The highest BCUT2D eigenvalue weighted by molar-refractivity contribution is 5.97. The number of rotatable bonds is 8. The lowest BCUT2D eigenvalue weighted by Crippen LogP contribution is -2.55. The maximum absolute atomic E-state index is 14.2. The molecule has 0 bridgehead atoms. The minimum Gasteiger partial charge on any atom is -0.508 e. The van der Waals surface area contributed by atoms with Gasteiger partial charge in [-0.05, 0) is 52.6 Å². The fourth-order valence-electron chi connectivity index (χ4n) is 6.71. The fraction of sp³-hybridized carbons (Fsp3) is 0.263. The highest BCUT2D eigenvalue weighted by Crippen LogP contribution is 2.26. The van der Waals surface area contributed by atoms with Crippen molar-refractivity contribution in [3.63, 3.8) is 0 Å². The van der Waals surface area contributed by atoms with E-state index in [1.165, 1.54) is 18.2 Å². The molecule has 0 unspecified atom stereocenters. The summed E-state index contributed by atoms with van der Waals surface area (Å²) in [5.74, 6) is -1.02. The Bertz CT molecular complexity index is 2080. The zero-order chi connectivity index (χ0) is 33.2. The van der Waals surface area contributed by atoms with E-state index in [4.69, 9.17) is 4.42 Å².